The van der Waals surface area contributed by atoms with Crippen molar-refractivity contribution in [2.24, 2.45) is 0 Å². The second-order valence-corrected chi connectivity index (χ2v) is 5.88. The molecule has 1 saturated heterocycles. The van der Waals surface area contributed by atoms with Gasteiger partial charge < -0.3 is 15.0 Å². The van der Waals surface area contributed by atoms with Crippen molar-refractivity contribution in [2.75, 3.05) is 24.6 Å². The molecule has 0 aliphatic carbocycles. The molecule has 0 atom stereocenters. The summed E-state index contributed by atoms with van der Waals surface area (Å²) in [4.78, 5) is 14.2. The number of hydrogen-bond acceptors (Lipinski definition) is 3. The Labute approximate surface area is 141 Å². The van der Waals surface area contributed by atoms with Crippen molar-refractivity contribution in [3.05, 3.63) is 59.9 Å². The van der Waals surface area contributed by atoms with Crippen LogP contribution in [0.25, 0.3) is 0 Å². The van der Waals surface area contributed by atoms with Gasteiger partial charge >= 0.3 is 0 Å². The zero-order chi connectivity index (χ0) is 16.8. The molecule has 1 fully saturated rings. The minimum atomic E-state index is -0.329. The lowest BCUT2D eigenvalue weighted by Crippen LogP contribution is -2.28. The van der Waals surface area contributed by atoms with Crippen LogP contribution in [0.5, 0.6) is 5.75 Å². The molecular formula is C19H21FN2O2. The fourth-order valence-electron chi connectivity index (χ4n) is 2.73. The summed E-state index contributed by atoms with van der Waals surface area (Å²) in [5, 5.41) is 2.82. The van der Waals surface area contributed by atoms with E-state index in [1.165, 1.54) is 42.8 Å². The Bertz CT molecular complexity index is 665. The molecule has 4 nitrogen and oxygen atoms in total. The molecule has 1 amide bonds. The number of hydrogen-bond donors (Lipinski definition) is 1. The highest BCUT2D eigenvalue weighted by molar-refractivity contribution is 5.77. The third-order valence-corrected chi connectivity index (χ3v) is 4.08. The number of halogens is 1. The molecule has 3 rings (SSSR count). The van der Waals surface area contributed by atoms with E-state index in [0.717, 1.165) is 18.7 Å². The fourth-order valence-corrected chi connectivity index (χ4v) is 2.73. The first-order chi connectivity index (χ1) is 11.7. The highest BCUT2D eigenvalue weighted by Crippen LogP contribution is 2.20. The lowest BCUT2D eigenvalue weighted by atomic mass is 10.2. The molecule has 1 N–H and O–H groups in total. The molecule has 0 radical (unpaired) electrons. The smallest absolute Gasteiger partial charge is 0.258 e. The van der Waals surface area contributed by atoms with Crippen LogP contribution in [0.3, 0.4) is 0 Å². The zero-order valence-electron chi connectivity index (χ0n) is 13.5. The molecule has 2 aromatic rings. The summed E-state index contributed by atoms with van der Waals surface area (Å²) in [6.07, 6.45) is 2.51. The van der Waals surface area contributed by atoms with Crippen LogP contribution in [0.1, 0.15) is 18.4 Å². The number of ether oxygens (including phenoxy) is 1. The van der Waals surface area contributed by atoms with E-state index < -0.39 is 0 Å². The van der Waals surface area contributed by atoms with Crippen LogP contribution < -0.4 is 15.0 Å². The van der Waals surface area contributed by atoms with E-state index in [9.17, 15) is 9.18 Å². The standard InChI is InChI=1S/C19H21FN2O2/c20-16-5-9-18(10-6-16)24-14-19(23)21-13-15-3-7-17(8-4-15)22-11-1-2-12-22/h3-10H,1-2,11-14H2,(H,21,23). The number of amides is 1. The number of nitrogens with zero attached hydrogens (tertiary/aromatic N) is 1. The van der Waals surface area contributed by atoms with Crippen molar-refractivity contribution in [3.63, 3.8) is 0 Å². The summed E-state index contributed by atoms with van der Waals surface area (Å²) < 4.78 is 18.1. The minimum absolute atomic E-state index is 0.0858. The van der Waals surface area contributed by atoms with E-state index in [1.54, 1.807) is 0 Å². The fraction of sp³-hybridized carbons (Fsp3) is 0.316. The molecule has 1 heterocycles. The predicted molar refractivity (Wildman–Crippen MR) is 91.6 cm³/mol. The molecule has 0 unspecified atom stereocenters. The number of nitrogens with one attached hydrogen (secondary N) is 1. The second-order valence-electron chi connectivity index (χ2n) is 5.88. The third kappa shape index (κ3) is 4.47. The van der Waals surface area contributed by atoms with Crippen LogP contribution in [0, 0.1) is 5.82 Å². The van der Waals surface area contributed by atoms with Crippen LogP contribution in [0.15, 0.2) is 48.5 Å². The van der Waals surface area contributed by atoms with Gasteiger partial charge in [-0.15, -0.1) is 0 Å². The summed E-state index contributed by atoms with van der Waals surface area (Å²) in [6.45, 7) is 2.62. The average Bonchev–Trinajstić information content (AvgIpc) is 3.14. The largest absolute Gasteiger partial charge is 0.484 e. The number of anilines is 1. The number of rotatable bonds is 6. The number of carbonyl (C=O) groups excluding carboxylic acids is 1. The lowest BCUT2D eigenvalue weighted by Gasteiger charge is -2.17. The monoisotopic (exact) mass is 328 g/mol. The molecule has 1 aliphatic rings. The number of benzene rings is 2. The number of carbonyl (C=O) groups is 1. The summed E-state index contributed by atoms with van der Waals surface area (Å²) in [7, 11) is 0. The average molecular weight is 328 g/mol. The molecule has 0 aromatic heterocycles. The summed E-state index contributed by atoms with van der Waals surface area (Å²) >= 11 is 0. The zero-order valence-corrected chi connectivity index (χ0v) is 13.5. The van der Waals surface area contributed by atoms with Crippen molar-refractivity contribution in [1.82, 2.24) is 5.32 Å². The molecule has 24 heavy (non-hydrogen) atoms. The van der Waals surface area contributed by atoms with Crippen molar-refractivity contribution in [1.29, 1.82) is 0 Å². The first kappa shape index (κ1) is 16.3. The maximum absolute atomic E-state index is 12.8. The molecular weight excluding hydrogens is 307 g/mol. The van der Waals surface area contributed by atoms with Crippen LogP contribution in [-0.2, 0) is 11.3 Å². The Kier molecular flexibility index (Phi) is 5.31. The van der Waals surface area contributed by atoms with Gasteiger partial charge in [-0.1, -0.05) is 12.1 Å². The maximum atomic E-state index is 12.8. The Balaban J connectivity index is 1.43. The lowest BCUT2D eigenvalue weighted by molar-refractivity contribution is -0.123. The topological polar surface area (TPSA) is 41.6 Å². The Morgan fingerprint density at radius 3 is 2.38 bits per heavy atom. The van der Waals surface area contributed by atoms with Gasteiger partial charge in [0.15, 0.2) is 6.61 Å². The van der Waals surface area contributed by atoms with Crippen LogP contribution >= 0.6 is 0 Å². The molecule has 126 valence electrons. The SMILES string of the molecule is O=C(COc1ccc(F)cc1)NCc1ccc(N2CCCC2)cc1. The van der Waals surface area contributed by atoms with Gasteiger partial charge in [0.1, 0.15) is 11.6 Å². The second kappa shape index (κ2) is 7.81. The summed E-state index contributed by atoms with van der Waals surface area (Å²) in [5.74, 6) is -0.0614. The van der Waals surface area contributed by atoms with E-state index in [0.29, 0.717) is 12.3 Å². The summed E-state index contributed by atoms with van der Waals surface area (Å²) in [5.41, 5.74) is 2.29. The highest BCUT2D eigenvalue weighted by Gasteiger charge is 2.11. The minimum Gasteiger partial charge on any atom is -0.484 e. The Morgan fingerprint density at radius 1 is 1.04 bits per heavy atom. The first-order valence-electron chi connectivity index (χ1n) is 8.20. The molecule has 0 bridgehead atoms. The van der Waals surface area contributed by atoms with E-state index in [-0.39, 0.29) is 18.3 Å². The van der Waals surface area contributed by atoms with Crippen LogP contribution in [0.2, 0.25) is 0 Å². The molecule has 5 heteroatoms. The van der Waals surface area contributed by atoms with Crippen LogP contribution in [0.4, 0.5) is 10.1 Å². The molecule has 1 aliphatic heterocycles. The van der Waals surface area contributed by atoms with Gasteiger partial charge in [-0.2, -0.15) is 0 Å². The van der Waals surface area contributed by atoms with Gasteiger partial charge in [0.2, 0.25) is 0 Å². The van der Waals surface area contributed by atoms with Gasteiger partial charge in [-0.25, -0.2) is 4.39 Å². The van der Waals surface area contributed by atoms with E-state index in [2.05, 4.69) is 22.3 Å². The Hall–Kier alpha value is -2.56. The molecule has 0 spiro atoms. The third-order valence-electron chi connectivity index (χ3n) is 4.08. The maximum Gasteiger partial charge on any atom is 0.258 e. The van der Waals surface area contributed by atoms with Gasteiger partial charge in [-0.3, -0.25) is 4.79 Å². The van der Waals surface area contributed by atoms with Crippen molar-refractivity contribution >= 4 is 11.6 Å². The normalized spacial score (nSPS) is 13.8. The van der Waals surface area contributed by atoms with Crippen molar-refractivity contribution in [3.8, 4) is 5.75 Å². The van der Waals surface area contributed by atoms with Crippen molar-refractivity contribution < 1.29 is 13.9 Å². The Morgan fingerprint density at radius 2 is 1.71 bits per heavy atom. The van der Waals surface area contributed by atoms with Gasteiger partial charge in [-0.05, 0) is 54.8 Å². The van der Waals surface area contributed by atoms with E-state index in [4.69, 9.17) is 4.74 Å². The van der Waals surface area contributed by atoms with E-state index in [1.807, 2.05) is 12.1 Å². The summed E-state index contributed by atoms with van der Waals surface area (Å²) in [6, 6.07) is 13.9. The quantitative estimate of drug-likeness (QED) is 0.886. The highest BCUT2D eigenvalue weighted by atomic mass is 19.1. The molecule has 0 saturated carbocycles. The van der Waals surface area contributed by atoms with E-state index >= 15 is 0 Å². The van der Waals surface area contributed by atoms with Crippen LogP contribution in [-0.4, -0.2) is 25.6 Å². The van der Waals surface area contributed by atoms with Gasteiger partial charge in [0, 0.05) is 25.3 Å². The predicted octanol–water partition coefficient (Wildman–Crippen LogP) is 3.12. The van der Waals surface area contributed by atoms with Gasteiger partial charge in [0.25, 0.3) is 5.91 Å². The van der Waals surface area contributed by atoms with Gasteiger partial charge in [0.05, 0.1) is 0 Å². The first-order valence-corrected chi connectivity index (χ1v) is 8.20. The van der Waals surface area contributed by atoms with Crippen molar-refractivity contribution in [2.45, 2.75) is 19.4 Å². The molecule has 2 aromatic carbocycles.